The zero-order valence-electron chi connectivity index (χ0n) is 7.16. The van der Waals surface area contributed by atoms with Gasteiger partial charge in [-0.1, -0.05) is 30.3 Å². The number of hydrogen-bond donors (Lipinski definition) is 0. The van der Waals surface area contributed by atoms with Crippen LogP contribution in [0.25, 0.3) is 10.4 Å². The highest BCUT2D eigenvalue weighted by molar-refractivity contribution is 7.13. The number of rotatable bonds is 2. The lowest BCUT2D eigenvalue weighted by molar-refractivity contribution is 1.03. The van der Waals surface area contributed by atoms with Crippen molar-refractivity contribution in [1.29, 1.82) is 0 Å². The molecule has 1 heterocycles. The van der Waals surface area contributed by atoms with Crippen molar-refractivity contribution in [2.24, 2.45) is 0 Å². The molecular formula is C11H10NS. The Bertz CT molecular complexity index is 361. The Labute approximate surface area is 81.8 Å². The Hall–Kier alpha value is -1.12. The van der Waals surface area contributed by atoms with Crippen molar-refractivity contribution in [3.63, 3.8) is 0 Å². The first kappa shape index (κ1) is 8.48. The second kappa shape index (κ2) is 3.73. The van der Waals surface area contributed by atoms with Gasteiger partial charge in [0.25, 0.3) is 0 Å². The SMILES string of the molecule is [NH]Cc1ccc(-c2cccs2)cc1. The molecule has 0 saturated heterocycles. The summed E-state index contributed by atoms with van der Waals surface area (Å²) in [5.41, 5.74) is 9.50. The van der Waals surface area contributed by atoms with Gasteiger partial charge < -0.3 is 0 Å². The average Bonchev–Trinajstić information content (AvgIpc) is 2.71. The Morgan fingerprint density at radius 2 is 1.85 bits per heavy atom. The van der Waals surface area contributed by atoms with Crippen molar-refractivity contribution in [2.75, 3.05) is 0 Å². The molecule has 0 aliphatic rings. The van der Waals surface area contributed by atoms with Crippen LogP contribution < -0.4 is 5.73 Å². The largest absolute Gasteiger partial charge is 0.253 e. The maximum Gasteiger partial charge on any atom is 0.0351 e. The van der Waals surface area contributed by atoms with E-state index in [4.69, 9.17) is 5.73 Å². The fraction of sp³-hybridized carbons (Fsp3) is 0.0909. The highest BCUT2D eigenvalue weighted by atomic mass is 32.1. The van der Waals surface area contributed by atoms with Gasteiger partial charge in [0, 0.05) is 11.4 Å². The van der Waals surface area contributed by atoms with E-state index in [-0.39, 0.29) is 0 Å². The van der Waals surface area contributed by atoms with Gasteiger partial charge >= 0.3 is 0 Å². The van der Waals surface area contributed by atoms with Gasteiger partial charge in [-0.25, -0.2) is 0 Å². The number of thiophene rings is 1. The predicted octanol–water partition coefficient (Wildman–Crippen LogP) is 3.20. The zero-order chi connectivity index (χ0) is 9.10. The van der Waals surface area contributed by atoms with Gasteiger partial charge in [-0.3, -0.25) is 5.73 Å². The third-order valence-electron chi connectivity index (χ3n) is 1.96. The molecule has 0 spiro atoms. The summed E-state index contributed by atoms with van der Waals surface area (Å²) in [6, 6.07) is 12.4. The van der Waals surface area contributed by atoms with Crippen LogP contribution in [-0.4, -0.2) is 0 Å². The van der Waals surface area contributed by atoms with Gasteiger partial charge in [0.05, 0.1) is 0 Å². The van der Waals surface area contributed by atoms with Crippen LogP contribution >= 0.6 is 11.3 Å². The van der Waals surface area contributed by atoms with Gasteiger partial charge in [-0.05, 0) is 22.6 Å². The van der Waals surface area contributed by atoms with E-state index in [1.54, 1.807) is 11.3 Å². The highest BCUT2D eigenvalue weighted by Crippen LogP contribution is 2.24. The molecular weight excluding hydrogens is 178 g/mol. The molecule has 65 valence electrons. The molecule has 2 aromatic rings. The Kier molecular flexibility index (Phi) is 2.43. The fourth-order valence-electron chi connectivity index (χ4n) is 1.23. The van der Waals surface area contributed by atoms with Crippen molar-refractivity contribution in [3.8, 4) is 10.4 Å². The molecule has 1 radical (unpaired) electrons. The summed E-state index contributed by atoms with van der Waals surface area (Å²) in [6.07, 6.45) is 0. The molecule has 2 heteroatoms. The van der Waals surface area contributed by atoms with Crippen molar-refractivity contribution >= 4 is 11.3 Å². The lowest BCUT2D eigenvalue weighted by Gasteiger charge is -1.98. The Balaban J connectivity index is 2.33. The van der Waals surface area contributed by atoms with Gasteiger partial charge in [0.1, 0.15) is 0 Å². The van der Waals surface area contributed by atoms with E-state index in [0.717, 1.165) is 5.56 Å². The van der Waals surface area contributed by atoms with E-state index in [1.807, 2.05) is 12.1 Å². The lowest BCUT2D eigenvalue weighted by Crippen LogP contribution is -1.83. The topological polar surface area (TPSA) is 23.8 Å². The molecule has 0 fully saturated rings. The summed E-state index contributed by atoms with van der Waals surface area (Å²) in [7, 11) is 0. The summed E-state index contributed by atoms with van der Waals surface area (Å²) in [4.78, 5) is 1.29. The smallest absolute Gasteiger partial charge is 0.0351 e. The van der Waals surface area contributed by atoms with Crippen LogP contribution in [0.2, 0.25) is 0 Å². The summed E-state index contributed by atoms with van der Waals surface area (Å²) in [5.74, 6) is 0. The molecule has 2 rings (SSSR count). The Morgan fingerprint density at radius 1 is 1.08 bits per heavy atom. The first-order valence-electron chi connectivity index (χ1n) is 4.17. The number of nitrogens with one attached hydrogen (secondary N) is 1. The molecule has 13 heavy (non-hydrogen) atoms. The summed E-state index contributed by atoms with van der Waals surface area (Å²) >= 11 is 1.74. The van der Waals surface area contributed by atoms with E-state index in [0.29, 0.717) is 6.54 Å². The van der Waals surface area contributed by atoms with Crippen LogP contribution in [0.15, 0.2) is 41.8 Å². The van der Waals surface area contributed by atoms with E-state index >= 15 is 0 Å². The quantitative estimate of drug-likeness (QED) is 0.691. The van der Waals surface area contributed by atoms with Crippen molar-refractivity contribution in [2.45, 2.75) is 6.54 Å². The highest BCUT2D eigenvalue weighted by Gasteiger charge is 1.97. The van der Waals surface area contributed by atoms with Crippen molar-refractivity contribution in [1.82, 2.24) is 5.73 Å². The third kappa shape index (κ3) is 1.79. The monoisotopic (exact) mass is 188 g/mol. The van der Waals surface area contributed by atoms with E-state index in [2.05, 4.69) is 29.6 Å². The molecule has 0 unspecified atom stereocenters. The molecule has 0 bridgehead atoms. The Morgan fingerprint density at radius 3 is 2.38 bits per heavy atom. The summed E-state index contributed by atoms with van der Waals surface area (Å²) in [5, 5.41) is 2.08. The lowest BCUT2D eigenvalue weighted by atomic mass is 10.1. The van der Waals surface area contributed by atoms with Gasteiger partial charge in [0.2, 0.25) is 0 Å². The van der Waals surface area contributed by atoms with E-state index in [1.165, 1.54) is 10.4 Å². The second-order valence-corrected chi connectivity index (χ2v) is 3.80. The maximum absolute atomic E-state index is 7.19. The standard InChI is InChI=1S/C11H10NS/c12-8-9-3-5-10(6-4-9)11-2-1-7-13-11/h1-7,12H,8H2. The average molecular weight is 188 g/mol. The minimum atomic E-state index is 0.366. The molecule has 0 saturated carbocycles. The molecule has 1 aromatic carbocycles. The second-order valence-electron chi connectivity index (χ2n) is 2.85. The third-order valence-corrected chi connectivity index (χ3v) is 2.88. The maximum atomic E-state index is 7.19. The molecule has 1 nitrogen and oxygen atoms in total. The van der Waals surface area contributed by atoms with Gasteiger partial charge in [0.15, 0.2) is 0 Å². The van der Waals surface area contributed by atoms with Crippen LogP contribution in [0, 0.1) is 0 Å². The van der Waals surface area contributed by atoms with E-state index in [9.17, 15) is 0 Å². The number of benzene rings is 1. The normalized spacial score (nSPS) is 10.2. The molecule has 0 aliphatic heterocycles. The van der Waals surface area contributed by atoms with Gasteiger partial charge in [-0.2, -0.15) is 0 Å². The first-order valence-corrected chi connectivity index (χ1v) is 5.05. The van der Waals surface area contributed by atoms with Crippen LogP contribution in [0.5, 0.6) is 0 Å². The zero-order valence-corrected chi connectivity index (χ0v) is 7.97. The fourth-order valence-corrected chi connectivity index (χ4v) is 1.96. The van der Waals surface area contributed by atoms with Crippen molar-refractivity contribution < 1.29 is 0 Å². The molecule has 0 atom stereocenters. The van der Waals surface area contributed by atoms with E-state index < -0.39 is 0 Å². The van der Waals surface area contributed by atoms with Crippen LogP contribution in [0.3, 0.4) is 0 Å². The molecule has 1 aromatic heterocycles. The minimum Gasteiger partial charge on any atom is -0.253 e. The minimum absolute atomic E-state index is 0.366. The van der Waals surface area contributed by atoms with Crippen LogP contribution in [0.4, 0.5) is 0 Å². The summed E-state index contributed by atoms with van der Waals surface area (Å²) in [6.45, 7) is 0.366. The first-order chi connectivity index (χ1) is 6.40. The summed E-state index contributed by atoms with van der Waals surface area (Å²) < 4.78 is 0. The molecule has 0 aliphatic carbocycles. The predicted molar refractivity (Wildman–Crippen MR) is 56.6 cm³/mol. The molecule has 1 N–H and O–H groups in total. The molecule has 0 amide bonds. The van der Waals surface area contributed by atoms with Crippen LogP contribution in [0.1, 0.15) is 5.56 Å². The van der Waals surface area contributed by atoms with Gasteiger partial charge in [-0.15, -0.1) is 11.3 Å². The van der Waals surface area contributed by atoms with Crippen LogP contribution in [-0.2, 0) is 6.54 Å². The number of hydrogen-bond acceptors (Lipinski definition) is 1. The van der Waals surface area contributed by atoms with Crippen molar-refractivity contribution in [3.05, 3.63) is 47.3 Å².